The van der Waals surface area contributed by atoms with Gasteiger partial charge in [-0.15, -0.1) is 0 Å². The van der Waals surface area contributed by atoms with Crippen molar-refractivity contribution in [2.24, 2.45) is 0 Å². The molecule has 1 aliphatic carbocycles. The van der Waals surface area contributed by atoms with Crippen LogP contribution in [0.4, 0.5) is 0 Å². The highest BCUT2D eigenvalue weighted by molar-refractivity contribution is 9.10. The summed E-state index contributed by atoms with van der Waals surface area (Å²) in [6, 6.07) is 12.7. The van der Waals surface area contributed by atoms with E-state index < -0.39 is 0 Å². The van der Waals surface area contributed by atoms with Gasteiger partial charge < -0.3 is 4.74 Å². The molecule has 0 radical (unpaired) electrons. The summed E-state index contributed by atoms with van der Waals surface area (Å²) in [5, 5.41) is 2.48. The average molecular weight is 319 g/mol. The topological polar surface area (TPSA) is 9.23 Å². The predicted octanol–water partition coefficient (Wildman–Crippen LogP) is 5.70. The van der Waals surface area contributed by atoms with Gasteiger partial charge in [0.1, 0.15) is 5.75 Å². The first-order valence-corrected chi connectivity index (χ1v) is 7.98. The zero-order valence-electron chi connectivity index (χ0n) is 11.1. The fourth-order valence-electron chi connectivity index (χ4n) is 2.84. The highest BCUT2D eigenvalue weighted by Gasteiger charge is 2.15. The molecule has 2 aromatic carbocycles. The van der Waals surface area contributed by atoms with Crippen LogP contribution in [-0.2, 0) is 0 Å². The summed E-state index contributed by atoms with van der Waals surface area (Å²) in [6.07, 6.45) is 8.10. The van der Waals surface area contributed by atoms with Gasteiger partial charge in [0.25, 0.3) is 0 Å². The number of halogens is 1. The van der Waals surface area contributed by atoms with E-state index in [1.54, 1.807) is 0 Å². The Bertz CT molecular complexity index is 556. The maximum atomic E-state index is 6.23. The van der Waals surface area contributed by atoms with E-state index in [1.807, 2.05) is 0 Å². The maximum absolute atomic E-state index is 6.23. The van der Waals surface area contributed by atoms with Crippen LogP contribution < -0.4 is 4.74 Å². The van der Waals surface area contributed by atoms with E-state index in [0.29, 0.717) is 6.10 Å². The van der Waals surface area contributed by atoms with Crippen molar-refractivity contribution < 1.29 is 4.74 Å². The predicted molar refractivity (Wildman–Crippen MR) is 83.8 cm³/mol. The van der Waals surface area contributed by atoms with Gasteiger partial charge in [-0.1, -0.05) is 43.2 Å². The monoisotopic (exact) mass is 318 g/mol. The van der Waals surface area contributed by atoms with Gasteiger partial charge >= 0.3 is 0 Å². The molecule has 0 atom stereocenters. The molecule has 0 amide bonds. The van der Waals surface area contributed by atoms with Crippen LogP contribution in [0, 0.1) is 0 Å². The van der Waals surface area contributed by atoms with Gasteiger partial charge in [0.2, 0.25) is 0 Å². The lowest BCUT2D eigenvalue weighted by atomic mass is 10.1. The summed E-state index contributed by atoms with van der Waals surface area (Å²) in [5.41, 5.74) is 0. The first kappa shape index (κ1) is 13.0. The lowest BCUT2D eigenvalue weighted by Gasteiger charge is -2.18. The van der Waals surface area contributed by atoms with E-state index in [-0.39, 0.29) is 0 Å². The van der Waals surface area contributed by atoms with Crippen molar-refractivity contribution in [3.05, 3.63) is 40.9 Å². The molecule has 1 aliphatic rings. The van der Waals surface area contributed by atoms with Gasteiger partial charge in [0.15, 0.2) is 0 Å². The van der Waals surface area contributed by atoms with Crippen molar-refractivity contribution in [2.45, 2.75) is 44.6 Å². The smallest absolute Gasteiger partial charge is 0.134 e. The number of rotatable bonds is 2. The van der Waals surface area contributed by atoms with E-state index in [0.717, 1.165) is 10.2 Å². The average Bonchev–Trinajstić information content (AvgIpc) is 2.71. The van der Waals surface area contributed by atoms with Crippen LogP contribution in [0.3, 0.4) is 0 Å². The van der Waals surface area contributed by atoms with E-state index in [1.165, 1.54) is 49.3 Å². The number of hydrogen-bond acceptors (Lipinski definition) is 1. The van der Waals surface area contributed by atoms with Crippen molar-refractivity contribution >= 4 is 26.7 Å². The number of ether oxygens (including phenoxy) is 1. The van der Waals surface area contributed by atoms with Gasteiger partial charge in [-0.05, 0) is 58.5 Å². The Hall–Kier alpha value is -1.02. The van der Waals surface area contributed by atoms with E-state index in [4.69, 9.17) is 4.74 Å². The molecule has 100 valence electrons. The minimum Gasteiger partial charge on any atom is -0.489 e. The van der Waals surface area contributed by atoms with Crippen molar-refractivity contribution in [1.29, 1.82) is 0 Å². The van der Waals surface area contributed by atoms with E-state index in [9.17, 15) is 0 Å². The van der Waals surface area contributed by atoms with Crippen molar-refractivity contribution in [3.8, 4) is 5.75 Å². The molecule has 1 nitrogen and oxygen atoms in total. The molecule has 0 saturated heterocycles. The zero-order valence-corrected chi connectivity index (χ0v) is 12.7. The van der Waals surface area contributed by atoms with Gasteiger partial charge in [-0.25, -0.2) is 0 Å². The molecule has 0 aromatic heterocycles. The quantitative estimate of drug-likeness (QED) is 0.645. The molecular formula is C17H19BrO. The van der Waals surface area contributed by atoms with E-state index in [2.05, 4.69) is 52.3 Å². The molecule has 1 fully saturated rings. The van der Waals surface area contributed by atoms with Gasteiger partial charge in [0, 0.05) is 0 Å². The third-order valence-corrected chi connectivity index (χ3v) is 4.74. The SMILES string of the molecule is Brc1c(OC2CCCCCC2)ccc2ccccc12. The summed E-state index contributed by atoms with van der Waals surface area (Å²) in [6.45, 7) is 0. The van der Waals surface area contributed by atoms with Crippen LogP contribution in [-0.4, -0.2) is 6.10 Å². The molecule has 2 heteroatoms. The Kier molecular flexibility index (Phi) is 4.07. The molecule has 3 rings (SSSR count). The van der Waals surface area contributed by atoms with Crippen LogP contribution in [0.25, 0.3) is 10.8 Å². The fourth-order valence-corrected chi connectivity index (χ4v) is 3.43. The Morgan fingerprint density at radius 2 is 1.63 bits per heavy atom. The minimum absolute atomic E-state index is 0.389. The normalized spacial score (nSPS) is 17.3. The molecule has 0 spiro atoms. The fraction of sp³-hybridized carbons (Fsp3) is 0.412. The van der Waals surface area contributed by atoms with Crippen molar-refractivity contribution in [3.63, 3.8) is 0 Å². The van der Waals surface area contributed by atoms with Crippen molar-refractivity contribution in [1.82, 2.24) is 0 Å². The summed E-state index contributed by atoms with van der Waals surface area (Å²) in [5.74, 6) is 0.991. The largest absolute Gasteiger partial charge is 0.489 e. The number of hydrogen-bond donors (Lipinski definition) is 0. The molecule has 2 aromatic rings. The molecule has 19 heavy (non-hydrogen) atoms. The molecule has 0 bridgehead atoms. The summed E-state index contributed by atoms with van der Waals surface area (Å²) < 4.78 is 7.32. The summed E-state index contributed by atoms with van der Waals surface area (Å²) in [7, 11) is 0. The first-order valence-electron chi connectivity index (χ1n) is 7.18. The van der Waals surface area contributed by atoms with Crippen LogP contribution in [0.15, 0.2) is 40.9 Å². The Labute approximate surface area is 123 Å². The Balaban J connectivity index is 1.86. The number of fused-ring (bicyclic) bond motifs is 1. The first-order chi connectivity index (χ1) is 9.34. The molecule has 0 heterocycles. The van der Waals surface area contributed by atoms with Gasteiger partial charge in [-0.3, -0.25) is 0 Å². The maximum Gasteiger partial charge on any atom is 0.134 e. The molecule has 1 saturated carbocycles. The third kappa shape index (κ3) is 2.94. The van der Waals surface area contributed by atoms with Crippen molar-refractivity contribution in [2.75, 3.05) is 0 Å². The lowest BCUT2D eigenvalue weighted by Crippen LogP contribution is -2.15. The minimum atomic E-state index is 0.389. The standard InChI is InChI=1S/C17H19BrO/c18-17-15-10-6-5-7-13(15)11-12-16(17)19-14-8-3-1-2-4-9-14/h5-7,10-12,14H,1-4,8-9H2. The highest BCUT2D eigenvalue weighted by atomic mass is 79.9. The van der Waals surface area contributed by atoms with Gasteiger partial charge in [-0.2, -0.15) is 0 Å². The van der Waals surface area contributed by atoms with Crippen LogP contribution >= 0.6 is 15.9 Å². The Morgan fingerprint density at radius 1 is 0.895 bits per heavy atom. The second-order valence-corrected chi connectivity index (χ2v) is 6.12. The van der Waals surface area contributed by atoms with Crippen LogP contribution in [0.5, 0.6) is 5.75 Å². The van der Waals surface area contributed by atoms with Crippen LogP contribution in [0.1, 0.15) is 38.5 Å². The Morgan fingerprint density at radius 3 is 2.42 bits per heavy atom. The lowest BCUT2D eigenvalue weighted by molar-refractivity contribution is 0.183. The molecule has 0 N–H and O–H groups in total. The van der Waals surface area contributed by atoms with Crippen LogP contribution in [0.2, 0.25) is 0 Å². The van der Waals surface area contributed by atoms with Gasteiger partial charge in [0.05, 0.1) is 10.6 Å². The highest BCUT2D eigenvalue weighted by Crippen LogP contribution is 2.35. The summed E-state index contributed by atoms with van der Waals surface area (Å²) >= 11 is 3.70. The third-order valence-electron chi connectivity index (χ3n) is 3.92. The summed E-state index contributed by atoms with van der Waals surface area (Å²) in [4.78, 5) is 0. The second-order valence-electron chi connectivity index (χ2n) is 5.33. The molecule has 0 aliphatic heterocycles. The molecular weight excluding hydrogens is 300 g/mol. The second kappa shape index (κ2) is 5.96. The molecule has 0 unspecified atom stereocenters. The van der Waals surface area contributed by atoms with E-state index >= 15 is 0 Å². The zero-order chi connectivity index (χ0) is 13.1. The number of benzene rings is 2.